The van der Waals surface area contributed by atoms with Crippen LogP contribution in [0, 0.1) is 6.92 Å². The van der Waals surface area contributed by atoms with E-state index < -0.39 is 0 Å². The summed E-state index contributed by atoms with van der Waals surface area (Å²) in [6.07, 6.45) is 2.23. The minimum atomic E-state index is 0.186. The van der Waals surface area contributed by atoms with Crippen LogP contribution in [-0.4, -0.2) is 52.0 Å². The van der Waals surface area contributed by atoms with Gasteiger partial charge in [-0.3, -0.25) is 0 Å². The molecule has 9 nitrogen and oxygen atoms in total. The maximum absolute atomic E-state index is 6.24. The van der Waals surface area contributed by atoms with Crippen molar-refractivity contribution in [1.82, 2.24) is 19.6 Å². The average molecular weight is 506 g/mol. The highest BCUT2D eigenvalue weighted by atomic mass is 32.1. The smallest absolute Gasteiger partial charge is 0.185 e. The van der Waals surface area contributed by atoms with Crippen LogP contribution < -0.4 is 14.4 Å². The minimum absolute atomic E-state index is 0.186. The number of furan rings is 1. The van der Waals surface area contributed by atoms with Crippen molar-refractivity contribution in [2.75, 3.05) is 25.1 Å². The highest BCUT2D eigenvalue weighted by Crippen LogP contribution is 2.37. The Kier molecular flexibility index (Phi) is 5.77. The lowest BCUT2D eigenvalue weighted by Gasteiger charge is -2.35. The molecule has 2 unspecified atom stereocenters. The Balaban J connectivity index is 1.26. The second kappa shape index (κ2) is 9.11. The number of hydrogen-bond acceptors (Lipinski definition) is 9. The molecule has 1 aromatic carbocycles. The van der Waals surface area contributed by atoms with Gasteiger partial charge in [-0.25, -0.2) is 14.5 Å². The molecule has 5 heterocycles. The van der Waals surface area contributed by atoms with Gasteiger partial charge in [-0.1, -0.05) is 0 Å². The topological polar surface area (TPSA) is 87.2 Å². The summed E-state index contributed by atoms with van der Waals surface area (Å²) in [5.41, 5.74) is 3.92. The van der Waals surface area contributed by atoms with Crippen molar-refractivity contribution in [3.8, 4) is 23.0 Å². The highest BCUT2D eigenvalue weighted by molar-refractivity contribution is 7.13. The summed E-state index contributed by atoms with van der Waals surface area (Å²) in [4.78, 5) is 11.8. The van der Waals surface area contributed by atoms with Gasteiger partial charge in [0.25, 0.3) is 0 Å². The summed E-state index contributed by atoms with van der Waals surface area (Å²) in [7, 11) is 1.63. The van der Waals surface area contributed by atoms with Gasteiger partial charge in [0.2, 0.25) is 0 Å². The van der Waals surface area contributed by atoms with E-state index in [0.717, 1.165) is 40.6 Å². The Morgan fingerprint density at radius 2 is 1.94 bits per heavy atom. The third-order valence-corrected chi connectivity index (χ3v) is 7.07. The second-order valence-electron chi connectivity index (χ2n) is 9.12. The first-order valence-corrected chi connectivity index (χ1v) is 12.8. The van der Waals surface area contributed by atoms with Gasteiger partial charge in [-0.2, -0.15) is 5.10 Å². The predicted molar refractivity (Wildman–Crippen MR) is 138 cm³/mol. The molecule has 1 aliphatic rings. The lowest BCUT2D eigenvalue weighted by atomic mass is 10.2. The van der Waals surface area contributed by atoms with Crippen LogP contribution in [0.4, 0.5) is 5.13 Å². The zero-order chi connectivity index (χ0) is 24.8. The Morgan fingerprint density at radius 3 is 2.75 bits per heavy atom. The SMILES string of the molecule is COc1cc(OCc2csc(N3CC(C)OC(C)C3)n2)c2cc(-c3cn4nc(C)ccc4n3)oc2c1. The van der Waals surface area contributed by atoms with E-state index in [1.54, 1.807) is 23.0 Å². The van der Waals surface area contributed by atoms with E-state index in [0.29, 0.717) is 35.1 Å². The molecule has 0 saturated carbocycles. The molecular formula is C26H27N5O4S. The van der Waals surface area contributed by atoms with Crippen molar-refractivity contribution < 1.29 is 18.6 Å². The molecule has 6 rings (SSSR count). The van der Waals surface area contributed by atoms with Gasteiger partial charge >= 0.3 is 0 Å². The number of methoxy groups -OCH3 is 1. The average Bonchev–Trinajstić information content (AvgIpc) is 3.59. The molecule has 0 aliphatic carbocycles. The number of aromatic nitrogens is 4. The molecule has 36 heavy (non-hydrogen) atoms. The first-order chi connectivity index (χ1) is 17.4. The van der Waals surface area contributed by atoms with E-state index in [1.807, 2.05) is 48.8 Å². The monoisotopic (exact) mass is 505 g/mol. The van der Waals surface area contributed by atoms with Crippen molar-refractivity contribution in [3.63, 3.8) is 0 Å². The minimum Gasteiger partial charge on any atom is -0.496 e. The number of anilines is 1. The summed E-state index contributed by atoms with van der Waals surface area (Å²) in [6, 6.07) is 9.54. The number of fused-ring (bicyclic) bond motifs is 2. The van der Waals surface area contributed by atoms with E-state index in [1.165, 1.54) is 0 Å². The van der Waals surface area contributed by atoms with Crippen LogP contribution in [0.5, 0.6) is 11.5 Å². The molecule has 0 bridgehead atoms. The molecule has 1 fully saturated rings. The van der Waals surface area contributed by atoms with E-state index in [2.05, 4.69) is 28.8 Å². The molecule has 0 spiro atoms. The van der Waals surface area contributed by atoms with Gasteiger partial charge in [0.15, 0.2) is 16.5 Å². The number of ether oxygens (including phenoxy) is 3. The molecule has 1 aliphatic heterocycles. The van der Waals surface area contributed by atoms with Gasteiger partial charge in [-0.05, 0) is 39.0 Å². The maximum Gasteiger partial charge on any atom is 0.185 e. The quantitative estimate of drug-likeness (QED) is 0.315. The van der Waals surface area contributed by atoms with Gasteiger partial charge in [0.1, 0.15) is 29.4 Å². The van der Waals surface area contributed by atoms with E-state index in [9.17, 15) is 0 Å². The highest BCUT2D eigenvalue weighted by Gasteiger charge is 2.24. The van der Waals surface area contributed by atoms with Crippen molar-refractivity contribution >= 4 is 33.1 Å². The summed E-state index contributed by atoms with van der Waals surface area (Å²) in [5, 5.41) is 8.36. The van der Waals surface area contributed by atoms with Gasteiger partial charge in [0.05, 0.1) is 42.3 Å². The van der Waals surface area contributed by atoms with E-state index in [4.69, 9.17) is 23.6 Å². The van der Waals surface area contributed by atoms with Crippen LogP contribution >= 0.6 is 11.3 Å². The van der Waals surface area contributed by atoms with Crippen molar-refractivity contribution in [1.29, 1.82) is 0 Å². The number of benzene rings is 1. The summed E-state index contributed by atoms with van der Waals surface area (Å²) >= 11 is 1.63. The molecule has 5 aromatic rings. The standard InChI is InChI=1S/C26H27N5O4S/c1-15-5-6-25-28-21(12-31(25)29-15)24-9-20-22(7-19(32-4)8-23(20)35-24)33-13-18-14-36-26(27-18)30-10-16(2)34-17(3)11-30/h5-9,12,14,16-17H,10-11,13H2,1-4H3. The van der Waals surface area contributed by atoms with Crippen LogP contribution in [0.15, 0.2) is 46.3 Å². The Labute approximate surface area is 212 Å². The first-order valence-electron chi connectivity index (χ1n) is 11.9. The number of thiazole rings is 1. The zero-order valence-electron chi connectivity index (χ0n) is 20.6. The molecule has 2 atom stereocenters. The molecule has 0 radical (unpaired) electrons. The summed E-state index contributed by atoms with van der Waals surface area (Å²) in [5.74, 6) is 1.96. The first kappa shape index (κ1) is 22.8. The van der Waals surface area contributed by atoms with Crippen molar-refractivity contribution in [2.45, 2.75) is 39.6 Å². The fraction of sp³-hybridized carbons (Fsp3) is 0.346. The van der Waals surface area contributed by atoms with Crippen molar-refractivity contribution in [2.24, 2.45) is 0 Å². The van der Waals surface area contributed by atoms with Gasteiger partial charge < -0.3 is 23.5 Å². The lowest BCUT2D eigenvalue weighted by Crippen LogP contribution is -2.45. The maximum atomic E-state index is 6.24. The van der Waals surface area contributed by atoms with Crippen molar-refractivity contribution in [3.05, 3.63) is 53.3 Å². The van der Waals surface area contributed by atoms with Crippen LogP contribution in [0.3, 0.4) is 0 Å². The largest absolute Gasteiger partial charge is 0.496 e. The number of aryl methyl sites for hydroxylation is 1. The fourth-order valence-corrected chi connectivity index (χ4v) is 5.37. The fourth-order valence-electron chi connectivity index (χ4n) is 4.54. The number of morpholine rings is 1. The Bertz CT molecular complexity index is 1530. The lowest BCUT2D eigenvalue weighted by molar-refractivity contribution is -0.00524. The molecule has 4 aromatic heterocycles. The van der Waals surface area contributed by atoms with Crippen LogP contribution in [0.2, 0.25) is 0 Å². The number of hydrogen-bond donors (Lipinski definition) is 0. The Hall–Kier alpha value is -3.63. The normalized spacial score (nSPS) is 18.3. The summed E-state index contributed by atoms with van der Waals surface area (Å²) < 4.78 is 25.5. The second-order valence-corrected chi connectivity index (χ2v) is 9.96. The third kappa shape index (κ3) is 4.38. The molecular weight excluding hydrogens is 478 g/mol. The number of imidazole rings is 1. The number of nitrogens with zero attached hydrogens (tertiary/aromatic N) is 5. The predicted octanol–water partition coefficient (Wildman–Crippen LogP) is 5.11. The molecule has 0 amide bonds. The third-order valence-electron chi connectivity index (χ3n) is 6.12. The van der Waals surface area contributed by atoms with Gasteiger partial charge in [0, 0.05) is 30.6 Å². The van der Waals surface area contributed by atoms with E-state index in [-0.39, 0.29) is 12.2 Å². The molecule has 0 N–H and O–H groups in total. The Morgan fingerprint density at radius 1 is 1.11 bits per heavy atom. The van der Waals surface area contributed by atoms with Gasteiger partial charge in [-0.15, -0.1) is 11.3 Å². The summed E-state index contributed by atoms with van der Waals surface area (Å²) in [6.45, 7) is 8.15. The van der Waals surface area contributed by atoms with Crippen LogP contribution in [0.1, 0.15) is 25.2 Å². The molecule has 10 heteroatoms. The van der Waals surface area contributed by atoms with Crippen LogP contribution in [0.25, 0.3) is 28.1 Å². The van der Waals surface area contributed by atoms with Crippen LogP contribution in [-0.2, 0) is 11.3 Å². The number of rotatable bonds is 6. The van der Waals surface area contributed by atoms with E-state index >= 15 is 0 Å². The molecule has 1 saturated heterocycles. The molecule has 186 valence electrons. The zero-order valence-corrected chi connectivity index (χ0v) is 21.4.